The SMILES string of the molecule is CCCCCCCCN=C1NS(=O)(=O)N=C1Nc1ccc(CC(C)NC[C@H](O)COc2ccccc2)cc1. The van der Waals surface area contributed by atoms with Crippen molar-refractivity contribution in [3.63, 3.8) is 0 Å². The minimum absolute atomic E-state index is 0.148. The summed E-state index contributed by atoms with van der Waals surface area (Å²) in [4.78, 5) is 4.43. The van der Waals surface area contributed by atoms with Gasteiger partial charge in [-0.3, -0.25) is 4.99 Å². The third-order valence-corrected chi connectivity index (χ3v) is 6.96. The minimum atomic E-state index is -3.77. The molecule has 0 radical (unpaired) electrons. The van der Waals surface area contributed by atoms with Crippen molar-refractivity contribution >= 4 is 27.6 Å². The molecule has 0 saturated heterocycles. The van der Waals surface area contributed by atoms with Crippen LogP contribution in [0.3, 0.4) is 0 Å². The molecule has 0 fully saturated rings. The Kier molecular flexibility index (Phi) is 12.0. The van der Waals surface area contributed by atoms with Crippen molar-refractivity contribution < 1.29 is 18.3 Å². The van der Waals surface area contributed by atoms with E-state index in [-0.39, 0.29) is 24.3 Å². The van der Waals surface area contributed by atoms with Gasteiger partial charge in [-0.15, -0.1) is 4.40 Å². The van der Waals surface area contributed by atoms with Gasteiger partial charge in [0.1, 0.15) is 18.5 Å². The van der Waals surface area contributed by atoms with Crippen molar-refractivity contribution in [1.29, 1.82) is 0 Å². The number of anilines is 1. The summed E-state index contributed by atoms with van der Waals surface area (Å²) in [6, 6.07) is 17.3. The lowest BCUT2D eigenvalue weighted by atomic mass is 10.1. The predicted molar refractivity (Wildman–Crippen MR) is 154 cm³/mol. The van der Waals surface area contributed by atoms with Crippen LogP contribution in [0.1, 0.15) is 57.9 Å². The maximum absolute atomic E-state index is 12.0. The van der Waals surface area contributed by atoms with E-state index in [1.54, 1.807) is 0 Å². The van der Waals surface area contributed by atoms with Gasteiger partial charge < -0.3 is 20.5 Å². The van der Waals surface area contributed by atoms with Crippen LogP contribution < -0.4 is 20.1 Å². The van der Waals surface area contributed by atoms with Gasteiger partial charge in [-0.1, -0.05) is 69.4 Å². The number of hydrogen-bond donors (Lipinski definition) is 4. The molecule has 38 heavy (non-hydrogen) atoms. The van der Waals surface area contributed by atoms with Gasteiger partial charge in [0.05, 0.1) is 0 Å². The molecule has 10 heteroatoms. The lowest BCUT2D eigenvalue weighted by Crippen LogP contribution is -2.37. The normalized spacial score (nSPS) is 17.0. The van der Waals surface area contributed by atoms with Crippen LogP contribution in [0.2, 0.25) is 0 Å². The molecular formula is C28H41N5O4S. The lowest BCUT2D eigenvalue weighted by Gasteiger charge is -2.18. The number of nitrogens with one attached hydrogen (secondary N) is 3. The minimum Gasteiger partial charge on any atom is -0.491 e. The number of aliphatic hydroxyl groups is 1. The molecule has 208 valence electrons. The van der Waals surface area contributed by atoms with Gasteiger partial charge in [-0.25, -0.2) is 4.72 Å². The van der Waals surface area contributed by atoms with Gasteiger partial charge in [0.2, 0.25) is 0 Å². The Morgan fingerprint density at radius 1 is 1.03 bits per heavy atom. The van der Waals surface area contributed by atoms with E-state index in [4.69, 9.17) is 4.74 Å². The summed E-state index contributed by atoms with van der Waals surface area (Å²) >= 11 is 0. The van der Waals surface area contributed by atoms with E-state index in [1.807, 2.05) is 54.6 Å². The van der Waals surface area contributed by atoms with Gasteiger partial charge in [-0.05, 0) is 49.6 Å². The van der Waals surface area contributed by atoms with E-state index >= 15 is 0 Å². The van der Waals surface area contributed by atoms with E-state index in [2.05, 4.69) is 38.6 Å². The maximum Gasteiger partial charge on any atom is 0.345 e. The Morgan fingerprint density at radius 3 is 2.47 bits per heavy atom. The van der Waals surface area contributed by atoms with E-state index in [9.17, 15) is 13.5 Å². The van der Waals surface area contributed by atoms with Gasteiger partial charge >= 0.3 is 10.2 Å². The van der Waals surface area contributed by atoms with Gasteiger partial charge in [0.25, 0.3) is 0 Å². The van der Waals surface area contributed by atoms with Gasteiger partial charge in [-0.2, -0.15) is 8.42 Å². The molecule has 3 rings (SSSR count). The Balaban J connectivity index is 1.42. The van der Waals surface area contributed by atoms with Crippen LogP contribution in [0.5, 0.6) is 5.75 Å². The Hall–Kier alpha value is -2.95. The van der Waals surface area contributed by atoms with E-state index in [1.165, 1.54) is 25.7 Å². The first-order valence-corrected chi connectivity index (χ1v) is 14.9. The summed E-state index contributed by atoms with van der Waals surface area (Å²) in [5.74, 6) is 1.21. The number of rotatable bonds is 16. The second-order valence-electron chi connectivity index (χ2n) is 9.63. The number of hydrogen-bond acceptors (Lipinski definition) is 7. The van der Waals surface area contributed by atoms with E-state index in [0.29, 0.717) is 13.1 Å². The molecule has 9 nitrogen and oxygen atoms in total. The Bertz CT molecular complexity index is 1140. The molecule has 0 spiro atoms. The van der Waals surface area contributed by atoms with Crippen molar-refractivity contribution in [3.8, 4) is 5.75 Å². The van der Waals surface area contributed by atoms with Crippen LogP contribution in [0, 0.1) is 0 Å². The summed E-state index contributed by atoms with van der Waals surface area (Å²) in [5, 5.41) is 16.6. The first-order valence-electron chi connectivity index (χ1n) is 13.5. The highest BCUT2D eigenvalue weighted by Crippen LogP contribution is 2.14. The van der Waals surface area contributed by atoms with Crippen molar-refractivity contribution in [2.24, 2.45) is 9.39 Å². The average Bonchev–Trinajstić information content (AvgIpc) is 3.20. The summed E-state index contributed by atoms with van der Waals surface area (Å²) in [6.07, 6.45) is 7.02. The molecular weight excluding hydrogens is 502 g/mol. The topological polar surface area (TPSA) is 124 Å². The molecule has 2 atom stereocenters. The highest BCUT2D eigenvalue weighted by Gasteiger charge is 2.26. The number of para-hydroxylation sites is 1. The first-order chi connectivity index (χ1) is 18.3. The number of aliphatic hydroxyl groups excluding tert-OH is 1. The van der Waals surface area contributed by atoms with E-state index < -0.39 is 16.3 Å². The van der Waals surface area contributed by atoms with Crippen LogP contribution in [0.25, 0.3) is 0 Å². The second-order valence-corrected chi connectivity index (χ2v) is 11.0. The average molecular weight is 544 g/mol. The van der Waals surface area contributed by atoms with Crippen LogP contribution in [-0.2, 0) is 16.6 Å². The molecule has 1 aliphatic heterocycles. The Labute approximate surface area is 227 Å². The van der Waals surface area contributed by atoms with Crippen LogP contribution in [-0.4, -0.2) is 57.0 Å². The Morgan fingerprint density at radius 2 is 1.74 bits per heavy atom. The molecule has 0 aliphatic carbocycles. The molecule has 0 bridgehead atoms. The van der Waals surface area contributed by atoms with Crippen molar-refractivity contribution in [1.82, 2.24) is 10.0 Å². The maximum atomic E-state index is 12.0. The van der Waals surface area contributed by atoms with Crippen LogP contribution in [0.4, 0.5) is 5.69 Å². The van der Waals surface area contributed by atoms with Crippen molar-refractivity contribution in [2.75, 3.05) is 25.0 Å². The number of benzene rings is 2. The molecule has 2 aromatic carbocycles. The number of unbranched alkanes of at least 4 members (excludes halogenated alkanes) is 5. The fourth-order valence-electron chi connectivity index (χ4n) is 4.02. The standard InChI is InChI=1S/C28H41N5O4S/c1-3-4-5-6-7-11-18-29-27-28(33-38(35,36)32-27)31-24-16-14-23(15-17-24)19-22(2)30-20-25(34)21-37-26-12-9-8-10-13-26/h8-10,12-17,22,25,30,34H,3-7,11,18-21H2,1-2H3,(H,29,32)(H,31,33)/t22?,25-/m0/s1. The number of nitrogens with zero attached hydrogens (tertiary/aromatic N) is 2. The molecule has 4 N–H and O–H groups in total. The quantitative estimate of drug-likeness (QED) is 0.237. The van der Waals surface area contributed by atoms with Crippen molar-refractivity contribution in [3.05, 3.63) is 60.2 Å². The number of ether oxygens (including phenoxy) is 1. The third kappa shape index (κ3) is 10.8. The molecule has 2 aromatic rings. The smallest absolute Gasteiger partial charge is 0.345 e. The predicted octanol–water partition coefficient (Wildman–Crippen LogP) is 4.06. The molecule has 0 amide bonds. The van der Waals surface area contributed by atoms with Crippen molar-refractivity contribution in [2.45, 2.75) is 70.9 Å². The fourth-order valence-corrected chi connectivity index (χ4v) is 4.84. The second kappa shape index (κ2) is 15.5. The number of amidine groups is 2. The molecule has 1 heterocycles. The molecule has 1 aliphatic rings. The molecule has 0 saturated carbocycles. The monoisotopic (exact) mass is 543 g/mol. The van der Waals surface area contributed by atoms with Crippen LogP contribution in [0.15, 0.2) is 64.0 Å². The highest BCUT2D eigenvalue weighted by atomic mass is 32.2. The zero-order chi connectivity index (χ0) is 27.2. The van der Waals surface area contributed by atoms with Gasteiger partial charge in [0.15, 0.2) is 11.7 Å². The summed E-state index contributed by atoms with van der Waals surface area (Å²) in [5.41, 5.74) is 1.84. The van der Waals surface area contributed by atoms with Gasteiger partial charge in [0, 0.05) is 24.8 Å². The highest BCUT2D eigenvalue weighted by molar-refractivity contribution is 7.89. The largest absolute Gasteiger partial charge is 0.491 e. The lowest BCUT2D eigenvalue weighted by molar-refractivity contribution is 0.104. The number of aliphatic imine (C=N–C) groups is 1. The fraction of sp³-hybridized carbons (Fsp3) is 0.500. The molecule has 0 aromatic heterocycles. The summed E-state index contributed by atoms with van der Waals surface area (Å²) < 4.78 is 35.8. The van der Waals surface area contributed by atoms with Crippen LogP contribution >= 0.6 is 0 Å². The molecule has 1 unspecified atom stereocenters. The zero-order valence-corrected chi connectivity index (χ0v) is 23.2. The third-order valence-electron chi connectivity index (χ3n) is 6.09. The van der Waals surface area contributed by atoms with E-state index in [0.717, 1.165) is 36.3 Å². The zero-order valence-electron chi connectivity index (χ0n) is 22.4. The first kappa shape index (κ1) is 29.6. The summed E-state index contributed by atoms with van der Waals surface area (Å²) in [7, 11) is -3.77. The summed E-state index contributed by atoms with van der Waals surface area (Å²) in [6.45, 7) is 5.46.